The molecule has 0 bridgehead atoms. The summed E-state index contributed by atoms with van der Waals surface area (Å²) in [5.41, 5.74) is 4.29. The maximum atomic E-state index is 9.47. The van der Waals surface area contributed by atoms with E-state index < -0.39 is 11.9 Å². The first-order valence-corrected chi connectivity index (χ1v) is 7.62. The quantitative estimate of drug-likeness (QED) is 0.531. The molecule has 0 amide bonds. The molecule has 0 rings (SSSR count). The van der Waals surface area contributed by atoms with Crippen LogP contribution in [0.25, 0.3) is 0 Å². The first-order valence-electron chi connectivity index (χ1n) is 7.62. The third kappa shape index (κ3) is 22.1. The van der Waals surface area contributed by atoms with Gasteiger partial charge in [-0.2, -0.15) is 0 Å². The maximum Gasteiger partial charge on any atom is 0.382 e. The van der Waals surface area contributed by atoms with Crippen molar-refractivity contribution in [2.75, 3.05) is 0 Å². The minimum atomic E-state index is -1.44. The minimum Gasteiger partial charge on any atom is -0.472 e. The molecule has 2 N–H and O–H groups in total. The van der Waals surface area contributed by atoms with Gasteiger partial charge in [-0.3, -0.25) is 0 Å². The van der Waals surface area contributed by atoms with Crippen LogP contribution in [-0.2, 0) is 9.59 Å². The molecule has 0 radical (unpaired) electrons. The molecule has 0 aromatic heterocycles. The second kappa shape index (κ2) is 14.6. The van der Waals surface area contributed by atoms with Crippen molar-refractivity contribution in [3.8, 4) is 11.8 Å². The molecule has 0 aromatic rings. The van der Waals surface area contributed by atoms with Crippen LogP contribution in [-0.4, -0.2) is 22.2 Å². The summed E-state index contributed by atoms with van der Waals surface area (Å²) in [7, 11) is 0. The van der Waals surface area contributed by atoms with Crippen LogP contribution in [0.4, 0.5) is 0 Å². The van der Waals surface area contributed by atoms with Gasteiger partial charge in [-0.05, 0) is 52.9 Å². The molecule has 0 aromatic carbocycles. The Labute approximate surface area is 139 Å². The fourth-order valence-corrected chi connectivity index (χ4v) is 1.50. The van der Waals surface area contributed by atoms with Crippen molar-refractivity contribution in [1.29, 1.82) is 0 Å². The van der Waals surface area contributed by atoms with Gasteiger partial charge in [0.2, 0.25) is 0 Å². The highest BCUT2D eigenvalue weighted by molar-refractivity contribution is 5.96. The van der Waals surface area contributed by atoms with Crippen LogP contribution in [0.15, 0.2) is 35.5 Å². The number of carbonyl (C=O) groups is 2. The molecule has 0 aliphatic heterocycles. The van der Waals surface area contributed by atoms with Crippen LogP contribution >= 0.6 is 0 Å². The van der Waals surface area contributed by atoms with Crippen LogP contribution in [0.1, 0.15) is 59.8 Å². The highest BCUT2D eigenvalue weighted by Gasteiger charge is 1.91. The molecule has 0 saturated carbocycles. The SMILES string of the molecule is C=C(CC)CC/C=C(\C)CCC=C(C)C.O=C(O)C#CC(=O)O. The summed E-state index contributed by atoms with van der Waals surface area (Å²) in [6, 6.07) is 0. The average molecular weight is 320 g/mol. The first kappa shape index (κ1) is 23.0. The molecule has 4 heteroatoms. The lowest BCUT2D eigenvalue weighted by Gasteiger charge is -2.01. The van der Waals surface area contributed by atoms with Gasteiger partial charge in [0.1, 0.15) is 0 Å². The van der Waals surface area contributed by atoms with Gasteiger partial charge < -0.3 is 10.2 Å². The Morgan fingerprint density at radius 2 is 1.43 bits per heavy atom. The van der Waals surface area contributed by atoms with Gasteiger partial charge in [0, 0.05) is 11.8 Å². The van der Waals surface area contributed by atoms with E-state index in [4.69, 9.17) is 10.2 Å². The van der Waals surface area contributed by atoms with Gasteiger partial charge in [-0.1, -0.05) is 42.4 Å². The second-order valence-electron chi connectivity index (χ2n) is 5.37. The van der Waals surface area contributed by atoms with Gasteiger partial charge in [-0.25, -0.2) is 9.59 Å². The molecule has 128 valence electrons. The molecule has 23 heavy (non-hydrogen) atoms. The van der Waals surface area contributed by atoms with Crippen LogP contribution < -0.4 is 0 Å². The molecule has 4 nitrogen and oxygen atoms in total. The number of allylic oxidation sites excluding steroid dienone is 5. The molecular formula is C19H28O4. The largest absolute Gasteiger partial charge is 0.472 e. The van der Waals surface area contributed by atoms with E-state index in [1.807, 2.05) is 0 Å². The third-order valence-corrected chi connectivity index (χ3v) is 2.86. The van der Waals surface area contributed by atoms with Gasteiger partial charge in [0.25, 0.3) is 0 Å². The Balaban J connectivity index is 0. The number of carboxylic acids is 2. The highest BCUT2D eigenvalue weighted by atomic mass is 16.4. The van der Waals surface area contributed by atoms with Gasteiger partial charge in [-0.15, -0.1) is 0 Å². The van der Waals surface area contributed by atoms with Gasteiger partial charge >= 0.3 is 11.9 Å². The van der Waals surface area contributed by atoms with Gasteiger partial charge in [0.05, 0.1) is 0 Å². The van der Waals surface area contributed by atoms with Crippen LogP contribution in [0.3, 0.4) is 0 Å². The molecule has 0 heterocycles. The van der Waals surface area contributed by atoms with Crippen LogP contribution in [0.2, 0.25) is 0 Å². The fourth-order valence-electron chi connectivity index (χ4n) is 1.50. The molecule has 0 atom stereocenters. The number of hydrogen-bond donors (Lipinski definition) is 2. The van der Waals surface area contributed by atoms with Crippen molar-refractivity contribution < 1.29 is 19.8 Å². The molecule has 0 fully saturated rings. The number of rotatable bonds is 7. The summed E-state index contributed by atoms with van der Waals surface area (Å²) < 4.78 is 0. The molecule has 0 aliphatic rings. The van der Waals surface area contributed by atoms with Crippen molar-refractivity contribution >= 4 is 11.9 Å². The Bertz CT molecular complexity index is 491. The van der Waals surface area contributed by atoms with E-state index in [2.05, 4.69) is 46.4 Å². The van der Waals surface area contributed by atoms with E-state index >= 15 is 0 Å². The third-order valence-electron chi connectivity index (χ3n) is 2.86. The summed E-state index contributed by atoms with van der Waals surface area (Å²) in [5.74, 6) is -0.0511. The Hall–Kier alpha value is -2.28. The molecule has 0 unspecified atom stereocenters. The molecule has 0 spiro atoms. The lowest BCUT2D eigenvalue weighted by Crippen LogP contribution is -1.92. The predicted molar refractivity (Wildman–Crippen MR) is 94.1 cm³/mol. The summed E-state index contributed by atoms with van der Waals surface area (Å²) >= 11 is 0. The predicted octanol–water partition coefficient (Wildman–Crippen LogP) is 4.58. The van der Waals surface area contributed by atoms with E-state index in [0.717, 1.165) is 19.3 Å². The maximum absolute atomic E-state index is 9.47. The number of carboxylic acid groups (broad SMARTS) is 2. The van der Waals surface area contributed by atoms with Crippen LogP contribution in [0.5, 0.6) is 0 Å². The van der Waals surface area contributed by atoms with Gasteiger partial charge in [0.15, 0.2) is 0 Å². The van der Waals surface area contributed by atoms with Crippen molar-refractivity contribution in [2.24, 2.45) is 0 Å². The molecular weight excluding hydrogens is 292 g/mol. The van der Waals surface area contributed by atoms with E-state index in [1.165, 1.54) is 41.4 Å². The zero-order valence-electron chi connectivity index (χ0n) is 14.6. The molecule has 0 saturated heterocycles. The van der Waals surface area contributed by atoms with Crippen molar-refractivity contribution in [3.05, 3.63) is 35.5 Å². The number of hydrogen-bond acceptors (Lipinski definition) is 2. The first-order chi connectivity index (χ1) is 10.7. The van der Waals surface area contributed by atoms with E-state index in [9.17, 15) is 9.59 Å². The fraction of sp³-hybridized carbons (Fsp3) is 0.474. The normalized spacial score (nSPS) is 9.65. The van der Waals surface area contributed by atoms with Crippen molar-refractivity contribution in [2.45, 2.75) is 59.8 Å². The summed E-state index contributed by atoms with van der Waals surface area (Å²) in [4.78, 5) is 18.9. The summed E-state index contributed by atoms with van der Waals surface area (Å²) in [6.45, 7) is 12.7. The Kier molecular flexibility index (Phi) is 14.6. The van der Waals surface area contributed by atoms with E-state index in [0.29, 0.717) is 0 Å². The van der Waals surface area contributed by atoms with Crippen molar-refractivity contribution in [1.82, 2.24) is 0 Å². The highest BCUT2D eigenvalue weighted by Crippen LogP contribution is 2.11. The topological polar surface area (TPSA) is 74.6 Å². The van der Waals surface area contributed by atoms with Crippen LogP contribution in [0, 0.1) is 11.8 Å². The monoisotopic (exact) mass is 320 g/mol. The summed E-state index contributed by atoms with van der Waals surface area (Å²) in [6.07, 6.45) is 10.5. The zero-order chi connectivity index (χ0) is 18.3. The van der Waals surface area contributed by atoms with E-state index in [1.54, 1.807) is 0 Å². The minimum absolute atomic E-state index is 1.12. The lowest BCUT2D eigenvalue weighted by atomic mass is 10.1. The van der Waals surface area contributed by atoms with E-state index in [-0.39, 0.29) is 0 Å². The average Bonchev–Trinajstić information content (AvgIpc) is 2.45. The Morgan fingerprint density at radius 3 is 1.83 bits per heavy atom. The summed E-state index contributed by atoms with van der Waals surface area (Å²) in [5, 5.41) is 15.5. The zero-order valence-corrected chi connectivity index (χ0v) is 14.6. The van der Waals surface area contributed by atoms with Crippen molar-refractivity contribution in [3.63, 3.8) is 0 Å². The lowest BCUT2D eigenvalue weighted by molar-refractivity contribution is -0.132. The molecule has 0 aliphatic carbocycles. The number of aliphatic carboxylic acids is 2. The smallest absolute Gasteiger partial charge is 0.382 e. The second-order valence-corrected chi connectivity index (χ2v) is 5.37. The standard InChI is InChI=1S/C15H26.C4H2O4/c1-6-14(4)10-8-12-15(5)11-7-9-13(2)3;5-3(6)1-2-4(7)8/h9,12H,4,6-8,10-11H2,1-3,5H3;(H,5,6)(H,7,8)/b15-12+;. The Morgan fingerprint density at radius 1 is 0.957 bits per heavy atom.